The molecule has 7 heteroatoms. The first-order valence-electron chi connectivity index (χ1n) is 8.44. The average molecular weight is 336 g/mol. The number of nitrogens with zero attached hydrogens (tertiary/aromatic N) is 6. The number of fused-ring (bicyclic) bond motifs is 1. The fraction of sp³-hybridized carbons (Fsp3) is 0.333. The van der Waals surface area contributed by atoms with Crippen LogP contribution in [0.2, 0.25) is 0 Å². The molecule has 0 fully saturated rings. The summed E-state index contributed by atoms with van der Waals surface area (Å²) in [4.78, 5) is 10.8. The Morgan fingerprint density at radius 2 is 2.00 bits per heavy atom. The van der Waals surface area contributed by atoms with E-state index in [4.69, 9.17) is 4.74 Å². The Morgan fingerprint density at radius 1 is 1.00 bits per heavy atom. The molecule has 7 nitrogen and oxygen atoms in total. The van der Waals surface area contributed by atoms with Crippen molar-refractivity contribution >= 4 is 0 Å². The largest absolute Gasteiger partial charge is 0.469 e. The molecule has 1 aliphatic rings. The third-order valence-corrected chi connectivity index (χ3v) is 4.31. The molecular weight excluding hydrogens is 316 g/mol. The van der Waals surface area contributed by atoms with Gasteiger partial charge in [-0.15, -0.1) is 10.2 Å². The molecule has 1 aliphatic heterocycles. The SMILES string of the molecule is c1ccc(OCc2nnc3n2CCN(Cc2cccnc2)CC3)nc1. The molecule has 128 valence electrons. The highest BCUT2D eigenvalue weighted by Crippen LogP contribution is 2.14. The van der Waals surface area contributed by atoms with Gasteiger partial charge >= 0.3 is 0 Å². The summed E-state index contributed by atoms with van der Waals surface area (Å²) in [5.74, 6) is 2.48. The van der Waals surface area contributed by atoms with E-state index in [0.29, 0.717) is 12.5 Å². The highest BCUT2D eigenvalue weighted by Gasteiger charge is 2.19. The number of pyridine rings is 2. The zero-order chi connectivity index (χ0) is 16.9. The molecule has 0 saturated heterocycles. The Balaban J connectivity index is 1.39. The molecule has 0 aliphatic carbocycles. The quantitative estimate of drug-likeness (QED) is 0.706. The van der Waals surface area contributed by atoms with Gasteiger partial charge in [0.1, 0.15) is 12.4 Å². The van der Waals surface area contributed by atoms with Crippen molar-refractivity contribution < 1.29 is 4.74 Å². The molecule has 3 aromatic heterocycles. The third-order valence-electron chi connectivity index (χ3n) is 4.31. The Hall–Kier alpha value is -2.80. The van der Waals surface area contributed by atoms with Gasteiger partial charge in [0, 0.05) is 57.3 Å². The lowest BCUT2D eigenvalue weighted by Gasteiger charge is -2.19. The van der Waals surface area contributed by atoms with Crippen molar-refractivity contribution in [2.45, 2.75) is 26.1 Å². The van der Waals surface area contributed by atoms with Crippen LogP contribution in [-0.2, 0) is 26.1 Å². The van der Waals surface area contributed by atoms with Gasteiger partial charge in [-0.05, 0) is 17.7 Å². The summed E-state index contributed by atoms with van der Waals surface area (Å²) in [5.41, 5.74) is 1.24. The zero-order valence-corrected chi connectivity index (χ0v) is 14.0. The van der Waals surface area contributed by atoms with Crippen LogP contribution in [0.15, 0.2) is 48.9 Å². The minimum atomic E-state index is 0.382. The summed E-state index contributed by atoms with van der Waals surface area (Å²) < 4.78 is 7.90. The molecule has 0 saturated carbocycles. The van der Waals surface area contributed by atoms with Crippen molar-refractivity contribution in [3.8, 4) is 5.88 Å². The van der Waals surface area contributed by atoms with Gasteiger partial charge in [-0.1, -0.05) is 12.1 Å². The highest BCUT2D eigenvalue weighted by molar-refractivity contribution is 5.10. The molecule has 4 heterocycles. The van der Waals surface area contributed by atoms with E-state index in [0.717, 1.165) is 44.2 Å². The van der Waals surface area contributed by atoms with Crippen molar-refractivity contribution in [1.82, 2.24) is 29.6 Å². The number of rotatable bonds is 5. The van der Waals surface area contributed by atoms with E-state index in [-0.39, 0.29) is 0 Å². The summed E-state index contributed by atoms with van der Waals surface area (Å²) in [7, 11) is 0. The fourth-order valence-electron chi connectivity index (χ4n) is 3.01. The second-order valence-electron chi connectivity index (χ2n) is 6.03. The standard InChI is InChI=1S/C18H20N6O/c1-2-8-20-18(5-1)25-14-17-22-21-16-6-9-23(10-11-24(16)17)13-15-4-3-7-19-12-15/h1-5,7-8,12H,6,9-11,13-14H2. The number of hydrogen-bond donors (Lipinski definition) is 0. The maximum Gasteiger partial charge on any atom is 0.213 e. The summed E-state index contributed by atoms with van der Waals surface area (Å²) in [5, 5.41) is 8.64. The first-order chi connectivity index (χ1) is 12.4. The highest BCUT2D eigenvalue weighted by atomic mass is 16.5. The monoisotopic (exact) mass is 336 g/mol. The Kier molecular flexibility index (Phi) is 4.65. The molecule has 4 rings (SSSR count). The van der Waals surface area contributed by atoms with E-state index in [1.807, 2.05) is 30.5 Å². The van der Waals surface area contributed by atoms with Crippen LogP contribution in [0.3, 0.4) is 0 Å². The van der Waals surface area contributed by atoms with E-state index in [1.54, 1.807) is 12.4 Å². The van der Waals surface area contributed by atoms with Crippen molar-refractivity contribution in [2.24, 2.45) is 0 Å². The molecule has 0 atom stereocenters. The van der Waals surface area contributed by atoms with E-state index in [1.165, 1.54) is 5.56 Å². The zero-order valence-electron chi connectivity index (χ0n) is 14.0. The van der Waals surface area contributed by atoms with Crippen LogP contribution in [0.1, 0.15) is 17.2 Å². The van der Waals surface area contributed by atoms with Gasteiger partial charge in [-0.3, -0.25) is 9.88 Å². The molecule has 0 radical (unpaired) electrons. The van der Waals surface area contributed by atoms with E-state index < -0.39 is 0 Å². The van der Waals surface area contributed by atoms with Crippen LogP contribution >= 0.6 is 0 Å². The molecule has 0 bridgehead atoms. The molecule has 0 aromatic carbocycles. The Morgan fingerprint density at radius 3 is 2.84 bits per heavy atom. The number of hydrogen-bond acceptors (Lipinski definition) is 6. The van der Waals surface area contributed by atoms with Crippen LogP contribution in [-0.4, -0.2) is 42.7 Å². The Labute approximate surface area is 146 Å². The van der Waals surface area contributed by atoms with Gasteiger partial charge in [-0.2, -0.15) is 0 Å². The fourth-order valence-corrected chi connectivity index (χ4v) is 3.01. The lowest BCUT2D eigenvalue weighted by atomic mass is 10.2. The van der Waals surface area contributed by atoms with Crippen LogP contribution in [0, 0.1) is 0 Å². The Bertz CT molecular complexity index is 805. The molecule has 25 heavy (non-hydrogen) atoms. The van der Waals surface area contributed by atoms with Crippen LogP contribution in [0.4, 0.5) is 0 Å². The lowest BCUT2D eigenvalue weighted by molar-refractivity contribution is 0.258. The molecule has 0 N–H and O–H groups in total. The summed E-state index contributed by atoms with van der Waals surface area (Å²) in [6.07, 6.45) is 6.34. The molecular formula is C18H20N6O. The van der Waals surface area contributed by atoms with Crippen molar-refractivity contribution in [2.75, 3.05) is 13.1 Å². The lowest BCUT2D eigenvalue weighted by Crippen LogP contribution is -2.26. The molecule has 0 spiro atoms. The minimum absolute atomic E-state index is 0.382. The first kappa shape index (κ1) is 15.7. The van der Waals surface area contributed by atoms with Gasteiger partial charge in [-0.25, -0.2) is 4.98 Å². The van der Waals surface area contributed by atoms with Crippen molar-refractivity contribution in [3.63, 3.8) is 0 Å². The minimum Gasteiger partial charge on any atom is -0.469 e. The second kappa shape index (κ2) is 7.40. The van der Waals surface area contributed by atoms with Crippen LogP contribution < -0.4 is 4.74 Å². The van der Waals surface area contributed by atoms with Gasteiger partial charge in [0.2, 0.25) is 5.88 Å². The van der Waals surface area contributed by atoms with Gasteiger partial charge in [0.15, 0.2) is 5.82 Å². The number of ether oxygens (including phenoxy) is 1. The number of aromatic nitrogens is 5. The average Bonchev–Trinajstić information content (AvgIpc) is 2.95. The predicted octanol–water partition coefficient (Wildman–Crippen LogP) is 1.71. The third kappa shape index (κ3) is 3.83. The van der Waals surface area contributed by atoms with Gasteiger partial charge < -0.3 is 9.30 Å². The van der Waals surface area contributed by atoms with Crippen molar-refractivity contribution in [1.29, 1.82) is 0 Å². The van der Waals surface area contributed by atoms with E-state index in [9.17, 15) is 0 Å². The van der Waals surface area contributed by atoms with Gasteiger partial charge in [0.05, 0.1) is 0 Å². The summed E-state index contributed by atoms with van der Waals surface area (Å²) in [6, 6.07) is 9.71. The van der Waals surface area contributed by atoms with E-state index in [2.05, 4.69) is 35.7 Å². The predicted molar refractivity (Wildman–Crippen MR) is 91.8 cm³/mol. The molecule has 0 amide bonds. The van der Waals surface area contributed by atoms with Crippen LogP contribution in [0.25, 0.3) is 0 Å². The van der Waals surface area contributed by atoms with E-state index >= 15 is 0 Å². The second-order valence-corrected chi connectivity index (χ2v) is 6.03. The maximum absolute atomic E-state index is 5.72. The summed E-state index contributed by atoms with van der Waals surface area (Å²) >= 11 is 0. The summed E-state index contributed by atoms with van der Waals surface area (Å²) in [6.45, 7) is 4.08. The van der Waals surface area contributed by atoms with Crippen molar-refractivity contribution in [3.05, 3.63) is 66.1 Å². The first-order valence-corrected chi connectivity index (χ1v) is 8.44. The normalized spacial score (nSPS) is 14.7. The van der Waals surface area contributed by atoms with Crippen LogP contribution in [0.5, 0.6) is 5.88 Å². The maximum atomic E-state index is 5.72. The molecule has 0 unspecified atom stereocenters. The van der Waals surface area contributed by atoms with Gasteiger partial charge in [0.25, 0.3) is 0 Å². The smallest absolute Gasteiger partial charge is 0.213 e. The molecule has 3 aromatic rings. The topological polar surface area (TPSA) is 69.0 Å².